The predicted molar refractivity (Wildman–Crippen MR) is 82.7 cm³/mol. The molecule has 2 atom stereocenters. The number of carbonyl (C=O) groups excluding carboxylic acids is 2. The number of ether oxygens (including phenoxy) is 2. The minimum absolute atomic E-state index is 0.169. The van der Waals surface area contributed by atoms with Gasteiger partial charge in [-0.2, -0.15) is 0 Å². The molecule has 5 heteroatoms. The number of aliphatic hydroxyl groups is 1. The Kier molecular flexibility index (Phi) is 6.11. The molecule has 1 N–H and O–H groups in total. The molecule has 122 valence electrons. The zero-order valence-corrected chi connectivity index (χ0v) is 13.8. The monoisotopic (exact) mass is 308 g/mol. The van der Waals surface area contributed by atoms with Crippen LogP contribution in [-0.4, -0.2) is 28.8 Å². The lowest BCUT2D eigenvalue weighted by Gasteiger charge is -2.18. The van der Waals surface area contributed by atoms with Crippen molar-refractivity contribution in [1.82, 2.24) is 0 Å². The van der Waals surface area contributed by atoms with Crippen LogP contribution in [0.1, 0.15) is 51.4 Å². The number of hydrogen-bond donors (Lipinski definition) is 1. The molecule has 0 bridgehead atoms. The molecule has 0 heterocycles. The third kappa shape index (κ3) is 5.15. The van der Waals surface area contributed by atoms with E-state index < -0.39 is 11.9 Å². The molecule has 1 aromatic carbocycles. The maximum Gasteiger partial charge on any atom is 0.311 e. The summed E-state index contributed by atoms with van der Waals surface area (Å²) in [6, 6.07) is 6.34. The molecule has 1 aromatic rings. The lowest BCUT2D eigenvalue weighted by Crippen LogP contribution is -2.31. The van der Waals surface area contributed by atoms with Crippen LogP contribution in [0.2, 0.25) is 0 Å². The average molecular weight is 308 g/mol. The normalized spacial score (nSPS) is 14.1. The van der Waals surface area contributed by atoms with Gasteiger partial charge in [0.15, 0.2) is 5.78 Å². The SMILES string of the molecule is CCC(C)C(=O)OC(C)Oc1ccc(C(=O)C(C)(C)O)cc1. The summed E-state index contributed by atoms with van der Waals surface area (Å²) in [5.41, 5.74) is -1.02. The first-order chi connectivity index (χ1) is 10.1. The topological polar surface area (TPSA) is 72.8 Å². The number of rotatable bonds is 7. The molecule has 1 rings (SSSR count). The van der Waals surface area contributed by atoms with Crippen molar-refractivity contribution in [2.24, 2.45) is 5.92 Å². The largest absolute Gasteiger partial charge is 0.455 e. The van der Waals surface area contributed by atoms with Gasteiger partial charge in [0.2, 0.25) is 6.29 Å². The molecular formula is C17H24O5. The second-order valence-electron chi connectivity index (χ2n) is 5.84. The Labute approximate surface area is 131 Å². The fraction of sp³-hybridized carbons (Fsp3) is 0.529. The van der Waals surface area contributed by atoms with Gasteiger partial charge in [-0.15, -0.1) is 0 Å². The second-order valence-corrected chi connectivity index (χ2v) is 5.84. The Morgan fingerprint density at radius 2 is 1.73 bits per heavy atom. The lowest BCUT2D eigenvalue weighted by atomic mass is 9.97. The van der Waals surface area contributed by atoms with Gasteiger partial charge in [0, 0.05) is 12.5 Å². The van der Waals surface area contributed by atoms with Crippen molar-refractivity contribution in [3.63, 3.8) is 0 Å². The molecule has 0 spiro atoms. The van der Waals surface area contributed by atoms with Crippen LogP contribution in [0.5, 0.6) is 5.75 Å². The van der Waals surface area contributed by atoms with Crippen LogP contribution in [0.4, 0.5) is 0 Å². The van der Waals surface area contributed by atoms with E-state index in [4.69, 9.17) is 9.47 Å². The van der Waals surface area contributed by atoms with Crippen molar-refractivity contribution in [3.8, 4) is 5.75 Å². The lowest BCUT2D eigenvalue weighted by molar-refractivity contribution is -0.165. The Morgan fingerprint density at radius 1 is 1.18 bits per heavy atom. The maximum absolute atomic E-state index is 11.9. The van der Waals surface area contributed by atoms with Crippen molar-refractivity contribution in [2.75, 3.05) is 0 Å². The molecule has 0 aliphatic carbocycles. The number of hydrogen-bond acceptors (Lipinski definition) is 5. The van der Waals surface area contributed by atoms with Crippen molar-refractivity contribution in [3.05, 3.63) is 29.8 Å². The van der Waals surface area contributed by atoms with Gasteiger partial charge in [-0.3, -0.25) is 9.59 Å². The summed E-state index contributed by atoms with van der Waals surface area (Å²) >= 11 is 0. The molecule has 0 saturated carbocycles. The molecule has 0 aromatic heterocycles. The van der Waals surface area contributed by atoms with E-state index in [0.717, 1.165) is 0 Å². The zero-order valence-electron chi connectivity index (χ0n) is 13.8. The van der Waals surface area contributed by atoms with E-state index in [1.165, 1.54) is 13.8 Å². The molecule has 2 unspecified atom stereocenters. The van der Waals surface area contributed by atoms with Crippen molar-refractivity contribution in [1.29, 1.82) is 0 Å². The molecule has 0 amide bonds. The Balaban J connectivity index is 2.65. The smallest absolute Gasteiger partial charge is 0.311 e. The molecule has 0 fully saturated rings. The zero-order chi connectivity index (χ0) is 16.9. The van der Waals surface area contributed by atoms with Gasteiger partial charge in [0.1, 0.15) is 11.4 Å². The van der Waals surface area contributed by atoms with E-state index in [9.17, 15) is 14.7 Å². The van der Waals surface area contributed by atoms with Crippen LogP contribution >= 0.6 is 0 Å². The van der Waals surface area contributed by atoms with Gasteiger partial charge >= 0.3 is 5.97 Å². The summed E-state index contributed by atoms with van der Waals surface area (Å²) in [5, 5.41) is 9.69. The van der Waals surface area contributed by atoms with Crippen molar-refractivity contribution >= 4 is 11.8 Å². The second kappa shape index (κ2) is 7.40. The van der Waals surface area contributed by atoms with Gasteiger partial charge < -0.3 is 14.6 Å². The Morgan fingerprint density at radius 3 is 2.18 bits per heavy atom. The Bertz CT molecular complexity index is 513. The van der Waals surface area contributed by atoms with Crippen LogP contribution in [-0.2, 0) is 9.53 Å². The summed E-state index contributed by atoms with van der Waals surface area (Å²) in [6.45, 7) is 8.23. The standard InChI is InChI=1S/C17H24O5/c1-6-11(2)16(19)22-12(3)21-14-9-7-13(8-10-14)15(18)17(4,5)20/h7-12,20H,6H2,1-5H3. The number of esters is 1. The van der Waals surface area contributed by atoms with E-state index in [-0.39, 0.29) is 17.7 Å². The summed E-state index contributed by atoms with van der Waals surface area (Å²) in [7, 11) is 0. The predicted octanol–water partition coefficient (Wildman–Crippen LogP) is 2.95. The molecule has 5 nitrogen and oxygen atoms in total. The highest BCUT2D eigenvalue weighted by Gasteiger charge is 2.25. The average Bonchev–Trinajstić information content (AvgIpc) is 2.45. The summed E-state index contributed by atoms with van der Waals surface area (Å²) in [4.78, 5) is 23.5. The van der Waals surface area contributed by atoms with Gasteiger partial charge in [-0.25, -0.2) is 0 Å². The number of carbonyl (C=O) groups is 2. The molecule has 0 aliphatic rings. The highest BCUT2D eigenvalue weighted by molar-refractivity contribution is 6.01. The van der Waals surface area contributed by atoms with E-state index in [1.807, 2.05) is 6.92 Å². The van der Waals surface area contributed by atoms with Gasteiger partial charge in [0.05, 0.1) is 5.92 Å². The highest BCUT2D eigenvalue weighted by Crippen LogP contribution is 2.18. The molecular weight excluding hydrogens is 284 g/mol. The molecule has 22 heavy (non-hydrogen) atoms. The van der Waals surface area contributed by atoms with Gasteiger partial charge in [0.25, 0.3) is 0 Å². The fourth-order valence-electron chi connectivity index (χ4n) is 1.70. The van der Waals surface area contributed by atoms with Crippen LogP contribution in [0, 0.1) is 5.92 Å². The van der Waals surface area contributed by atoms with Crippen LogP contribution in [0.15, 0.2) is 24.3 Å². The van der Waals surface area contributed by atoms with Crippen molar-refractivity contribution < 1.29 is 24.2 Å². The van der Waals surface area contributed by atoms with Gasteiger partial charge in [-0.1, -0.05) is 13.8 Å². The minimum atomic E-state index is -1.42. The van der Waals surface area contributed by atoms with E-state index in [0.29, 0.717) is 17.7 Å². The number of ketones is 1. The summed E-state index contributed by atoms with van der Waals surface area (Å²) in [5.74, 6) is -0.353. The van der Waals surface area contributed by atoms with Crippen LogP contribution in [0.3, 0.4) is 0 Å². The maximum atomic E-state index is 11.9. The molecule has 0 radical (unpaired) electrons. The summed E-state index contributed by atoms with van der Waals surface area (Å²) in [6.07, 6.45) is -0.00316. The third-order valence-electron chi connectivity index (χ3n) is 3.27. The first-order valence-corrected chi connectivity index (χ1v) is 7.39. The third-order valence-corrected chi connectivity index (χ3v) is 3.27. The van der Waals surface area contributed by atoms with Crippen LogP contribution in [0.25, 0.3) is 0 Å². The van der Waals surface area contributed by atoms with Crippen molar-refractivity contribution in [2.45, 2.75) is 52.9 Å². The van der Waals surface area contributed by atoms with E-state index in [1.54, 1.807) is 38.1 Å². The van der Waals surface area contributed by atoms with E-state index in [2.05, 4.69) is 0 Å². The fourth-order valence-corrected chi connectivity index (χ4v) is 1.70. The van der Waals surface area contributed by atoms with Gasteiger partial charge in [-0.05, 0) is 44.5 Å². The first kappa shape index (κ1) is 18.2. The minimum Gasteiger partial charge on any atom is -0.455 e. The van der Waals surface area contributed by atoms with E-state index >= 15 is 0 Å². The number of Topliss-reactive ketones (excluding diaryl/α,β-unsaturated/α-hetero) is 1. The molecule has 0 aliphatic heterocycles. The number of benzene rings is 1. The molecule has 0 saturated heterocycles. The quantitative estimate of drug-likeness (QED) is 0.476. The summed E-state index contributed by atoms with van der Waals surface area (Å²) < 4.78 is 10.7. The highest BCUT2D eigenvalue weighted by atomic mass is 16.7. The first-order valence-electron chi connectivity index (χ1n) is 7.39. The Hall–Kier alpha value is -1.88. The van der Waals surface area contributed by atoms with Crippen LogP contribution < -0.4 is 4.74 Å².